The Morgan fingerprint density at radius 2 is 1.84 bits per heavy atom. The van der Waals surface area contributed by atoms with Crippen LogP contribution in [0, 0.1) is 5.92 Å². The minimum absolute atomic E-state index is 0.676. The maximum Gasteiger partial charge on any atom is 0.0237 e. The second-order valence-electron chi connectivity index (χ2n) is 5.90. The molecule has 1 unspecified atom stereocenters. The lowest BCUT2D eigenvalue weighted by molar-refractivity contribution is 0.220. The fourth-order valence-electron chi connectivity index (χ4n) is 3.37. The zero-order chi connectivity index (χ0) is 13.1. The zero-order valence-electron chi connectivity index (χ0n) is 11.9. The summed E-state index contributed by atoms with van der Waals surface area (Å²) in [4.78, 5) is 5.16. The van der Waals surface area contributed by atoms with Crippen LogP contribution < -0.4 is 0 Å². The van der Waals surface area contributed by atoms with Crippen LogP contribution in [-0.4, -0.2) is 36.0 Å². The Morgan fingerprint density at radius 1 is 1.11 bits per heavy atom. The molecule has 1 atom stereocenters. The van der Waals surface area contributed by atoms with Gasteiger partial charge in [0.2, 0.25) is 0 Å². The zero-order valence-corrected chi connectivity index (χ0v) is 11.9. The van der Waals surface area contributed by atoms with Gasteiger partial charge in [0.25, 0.3) is 0 Å². The molecule has 1 aromatic rings. The minimum atomic E-state index is 0.676. The average molecular weight is 256 g/mol. The van der Waals surface area contributed by atoms with Crippen LogP contribution in [0.2, 0.25) is 0 Å². The second kappa shape index (κ2) is 5.79. The predicted octanol–water partition coefficient (Wildman–Crippen LogP) is 3.12. The normalized spacial score (nSPS) is 24.6. The molecular formula is C17H24N2. The van der Waals surface area contributed by atoms with Crippen LogP contribution in [0.4, 0.5) is 0 Å². The predicted molar refractivity (Wildman–Crippen MR) is 79.8 cm³/mol. The largest absolute Gasteiger partial charge is 0.375 e. The third-order valence-electron chi connectivity index (χ3n) is 4.32. The summed E-state index contributed by atoms with van der Waals surface area (Å²) in [6.07, 6.45) is 5.21. The molecule has 1 saturated heterocycles. The standard InChI is InChI=1S/C17H24N2/c1-15-13-18(14-16-7-3-2-4-8-16)12-9-17(15)19-10-5-6-11-19/h2-4,7-9,15H,5-6,10-14H2,1H3. The molecule has 0 amide bonds. The first-order valence-electron chi connectivity index (χ1n) is 7.54. The van der Waals surface area contributed by atoms with Crippen LogP contribution in [-0.2, 0) is 6.54 Å². The Morgan fingerprint density at radius 3 is 2.53 bits per heavy atom. The van der Waals surface area contributed by atoms with E-state index in [0.29, 0.717) is 5.92 Å². The number of hydrogen-bond donors (Lipinski definition) is 0. The van der Waals surface area contributed by atoms with Gasteiger partial charge in [-0.1, -0.05) is 43.3 Å². The summed E-state index contributed by atoms with van der Waals surface area (Å²) in [5.41, 5.74) is 3.02. The lowest BCUT2D eigenvalue weighted by atomic mass is 10.0. The smallest absolute Gasteiger partial charge is 0.0237 e. The molecule has 0 saturated carbocycles. The third-order valence-corrected chi connectivity index (χ3v) is 4.32. The summed E-state index contributed by atoms with van der Waals surface area (Å²) < 4.78 is 0. The van der Waals surface area contributed by atoms with Crippen molar-refractivity contribution in [1.82, 2.24) is 9.80 Å². The van der Waals surface area contributed by atoms with E-state index in [4.69, 9.17) is 0 Å². The van der Waals surface area contributed by atoms with Gasteiger partial charge in [0.15, 0.2) is 0 Å². The maximum atomic E-state index is 2.60. The number of benzene rings is 1. The molecule has 1 aromatic carbocycles. The van der Waals surface area contributed by atoms with Crippen molar-refractivity contribution in [2.75, 3.05) is 26.2 Å². The highest BCUT2D eigenvalue weighted by atomic mass is 15.2. The molecule has 0 radical (unpaired) electrons. The molecule has 0 aliphatic carbocycles. The lowest BCUT2D eigenvalue weighted by Crippen LogP contribution is -2.37. The van der Waals surface area contributed by atoms with E-state index >= 15 is 0 Å². The van der Waals surface area contributed by atoms with Crippen LogP contribution in [0.1, 0.15) is 25.3 Å². The molecule has 19 heavy (non-hydrogen) atoms. The van der Waals surface area contributed by atoms with Gasteiger partial charge < -0.3 is 4.90 Å². The number of likely N-dealkylation sites (tertiary alicyclic amines) is 1. The molecule has 2 heteroatoms. The molecule has 0 N–H and O–H groups in total. The number of rotatable bonds is 3. The second-order valence-corrected chi connectivity index (χ2v) is 5.90. The average Bonchev–Trinajstić information content (AvgIpc) is 2.94. The minimum Gasteiger partial charge on any atom is -0.375 e. The molecule has 0 aromatic heterocycles. The van der Waals surface area contributed by atoms with Gasteiger partial charge in [0, 0.05) is 44.3 Å². The summed E-state index contributed by atoms with van der Waals surface area (Å²) in [6, 6.07) is 10.8. The highest BCUT2D eigenvalue weighted by Crippen LogP contribution is 2.25. The van der Waals surface area contributed by atoms with Crippen LogP contribution in [0.15, 0.2) is 42.1 Å². The molecule has 1 fully saturated rings. The van der Waals surface area contributed by atoms with Gasteiger partial charge in [0.05, 0.1) is 0 Å². The lowest BCUT2D eigenvalue weighted by Gasteiger charge is -2.35. The molecule has 3 rings (SSSR count). The van der Waals surface area contributed by atoms with Gasteiger partial charge in [-0.15, -0.1) is 0 Å². The van der Waals surface area contributed by atoms with Crippen molar-refractivity contribution < 1.29 is 0 Å². The summed E-state index contributed by atoms with van der Waals surface area (Å²) in [5.74, 6) is 0.676. The van der Waals surface area contributed by atoms with Gasteiger partial charge in [-0.05, 0) is 18.4 Å². The van der Waals surface area contributed by atoms with Crippen molar-refractivity contribution in [3.05, 3.63) is 47.7 Å². The van der Waals surface area contributed by atoms with E-state index in [9.17, 15) is 0 Å². The van der Waals surface area contributed by atoms with Crippen LogP contribution in [0.25, 0.3) is 0 Å². The van der Waals surface area contributed by atoms with E-state index in [0.717, 1.165) is 13.1 Å². The van der Waals surface area contributed by atoms with E-state index in [-0.39, 0.29) is 0 Å². The number of nitrogens with zero attached hydrogens (tertiary/aromatic N) is 2. The van der Waals surface area contributed by atoms with Gasteiger partial charge in [-0.3, -0.25) is 4.90 Å². The Hall–Kier alpha value is -1.28. The van der Waals surface area contributed by atoms with Gasteiger partial charge in [-0.25, -0.2) is 0 Å². The molecular weight excluding hydrogens is 232 g/mol. The van der Waals surface area contributed by atoms with E-state index in [1.54, 1.807) is 5.70 Å². The number of hydrogen-bond acceptors (Lipinski definition) is 2. The highest BCUT2D eigenvalue weighted by molar-refractivity contribution is 5.16. The van der Waals surface area contributed by atoms with Crippen molar-refractivity contribution in [2.24, 2.45) is 5.92 Å². The fraction of sp³-hybridized carbons (Fsp3) is 0.529. The molecule has 102 valence electrons. The van der Waals surface area contributed by atoms with Crippen molar-refractivity contribution in [2.45, 2.75) is 26.3 Å². The Bertz CT molecular complexity index is 432. The van der Waals surface area contributed by atoms with Crippen LogP contribution in [0.3, 0.4) is 0 Å². The van der Waals surface area contributed by atoms with Gasteiger partial charge >= 0.3 is 0 Å². The Kier molecular flexibility index (Phi) is 3.88. The summed E-state index contributed by atoms with van der Waals surface area (Å²) in [7, 11) is 0. The van der Waals surface area contributed by atoms with Crippen LogP contribution in [0.5, 0.6) is 0 Å². The van der Waals surface area contributed by atoms with Crippen LogP contribution >= 0.6 is 0 Å². The molecule has 2 heterocycles. The summed E-state index contributed by atoms with van der Waals surface area (Å²) in [5, 5.41) is 0. The van der Waals surface area contributed by atoms with E-state index in [1.807, 2.05) is 0 Å². The molecule has 0 bridgehead atoms. The first-order valence-corrected chi connectivity index (χ1v) is 7.54. The molecule has 2 aliphatic rings. The fourth-order valence-corrected chi connectivity index (χ4v) is 3.37. The van der Waals surface area contributed by atoms with Crippen molar-refractivity contribution in [3.63, 3.8) is 0 Å². The highest BCUT2D eigenvalue weighted by Gasteiger charge is 2.24. The van der Waals surface area contributed by atoms with Crippen molar-refractivity contribution >= 4 is 0 Å². The quantitative estimate of drug-likeness (QED) is 0.820. The first-order chi connectivity index (χ1) is 9.33. The Labute approximate surface area is 116 Å². The topological polar surface area (TPSA) is 6.48 Å². The first kappa shape index (κ1) is 12.7. The van der Waals surface area contributed by atoms with Gasteiger partial charge in [0.1, 0.15) is 0 Å². The van der Waals surface area contributed by atoms with E-state index in [1.165, 1.54) is 38.0 Å². The maximum absolute atomic E-state index is 2.60. The summed E-state index contributed by atoms with van der Waals surface area (Å²) in [6.45, 7) is 8.29. The molecule has 0 spiro atoms. The SMILES string of the molecule is CC1CN(Cc2ccccc2)CC=C1N1CCCC1. The van der Waals surface area contributed by atoms with Crippen molar-refractivity contribution in [1.29, 1.82) is 0 Å². The molecule has 2 aliphatic heterocycles. The monoisotopic (exact) mass is 256 g/mol. The van der Waals surface area contributed by atoms with Gasteiger partial charge in [-0.2, -0.15) is 0 Å². The summed E-state index contributed by atoms with van der Waals surface area (Å²) >= 11 is 0. The van der Waals surface area contributed by atoms with Crippen molar-refractivity contribution in [3.8, 4) is 0 Å². The Balaban J connectivity index is 1.62. The third kappa shape index (κ3) is 3.01. The van der Waals surface area contributed by atoms with E-state index < -0.39 is 0 Å². The van der Waals surface area contributed by atoms with E-state index in [2.05, 4.69) is 53.1 Å². The molecule has 2 nitrogen and oxygen atoms in total.